The Hall–Kier alpha value is -2.29. The predicted octanol–water partition coefficient (Wildman–Crippen LogP) is 3.74. The zero-order chi connectivity index (χ0) is 17.2. The number of benzene rings is 1. The van der Waals surface area contributed by atoms with E-state index in [0.29, 0.717) is 28.5 Å². The first kappa shape index (κ1) is 17.1. The van der Waals surface area contributed by atoms with Gasteiger partial charge in [0, 0.05) is 6.07 Å². The van der Waals surface area contributed by atoms with Crippen molar-refractivity contribution in [1.82, 2.24) is 4.98 Å². The van der Waals surface area contributed by atoms with Crippen molar-refractivity contribution >= 4 is 22.9 Å². The van der Waals surface area contributed by atoms with E-state index < -0.39 is 17.1 Å². The molecule has 0 unspecified atom stereocenters. The van der Waals surface area contributed by atoms with Crippen molar-refractivity contribution < 1.29 is 27.4 Å². The minimum atomic E-state index is -4.58. The molecule has 0 radical (unpaired) electrons. The zero-order valence-corrected chi connectivity index (χ0v) is 13.3. The van der Waals surface area contributed by atoms with Gasteiger partial charge in [-0.15, -0.1) is 11.3 Å². The smallest absolute Gasteiger partial charge is 0.443 e. The van der Waals surface area contributed by atoms with Gasteiger partial charge in [-0.1, -0.05) is 0 Å². The second-order valence-corrected chi connectivity index (χ2v) is 5.45. The summed E-state index contributed by atoms with van der Waals surface area (Å²) < 4.78 is 48.2. The van der Waals surface area contributed by atoms with Crippen LogP contribution in [-0.4, -0.2) is 25.1 Å². The van der Waals surface area contributed by atoms with E-state index in [0.717, 1.165) is 0 Å². The van der Waals surface area contributed by atoms with E-state index in [1.165, 1.54) is 27.2 Å². The second kappa shape index (κ2) is 6.45. The van der Waals surface area contributed by atoms with Crippen molar-refractivity contribution in [3.05, 3.63) is 33.8 Å². The molecule has 1 aromatic heterocycles. The van der Waals surface area contributed by atoms with Gasteiger partial charge in [0.1, 0.15) is 16.4 Å². The van der Waals surface area contributed by atoms with Gasteiger partial charge in [0.15, 0.2) is 5.01 Å². The Labute approximate surface area is 134 Å². The highest BCUT2D eigenvalue weighted by Gasteiger charge is 2.36. The lowest BCUT2D eigenvalue weighted by atomic mass is 10.2. The Kier molecular flexibility index (Phi) is 4.79. The number of alkyl halides is 3. The van der Waals surface area contributed by atoms with E-state index in [2.05, 4.69) is 10.3 Å². The largest absolute Gasteiger partial charge is 0.497 e. The highest BCUT2D eigenvalue weighted by molar-refractivity contribution is 7.14. The van der Waals surface area contributed by atoms with Crippen molar-refractivity contribution in [1.29, 1.82) is 0 Å². The molecule has 1 aromatic carbocycles. The number of rotatable bonds is 4. The highest BCUT2D eigenvalue weighted by atomic mass is 32.1. The van der Waals surface area contributed by atoms with Crippen LogP contribution in [-0.2, 0) is 6.18 Å². The molecule has 23 heavy (non-hydrogen) atoms. The first-order valence-electron chi connectivity index (χ1n) is 6.34. The number of carbonyl (C=O) groups excluding carboxylic acids is 1. The lowest BCUT2D eigenvalue weighted by Crippen LogP contribution is -2.12. The van der Waals surface area contributed by atoms with E-state index in [1.54, 1.807) is 12.1 Å². The lowest BCUT2D eigenvalue weighted by molar-refractivity contribution is -0.137. The molecular weight excluding hydrogens is 333 g/mol. The number of nitrogens with one attached hydrogen (secondary N) is 1. The second-order valence-electron chi connectivity index (χ2n) is 4.45. The summed E-state index contributed by atoms with van der Waals surface area (Å²) in [5.74, 6) is 0.137. The number of methoxy groups -OCH3 is 2. The van der Waals surface area contributed by atoms with E-state index in [1.807, 2.05) is 0 Å². The Morgan fingerprint density at radius 3 is 2.48 bits per heavy atom. The summed E-state index contributed by atoms with van der Waals surface area (Å²) in [4.78, 5) is 15.5. The third-order valence-electron chi connectivity index (χ3n) is 2.90. The number of aromatic nitrogens is 1. The normalized spacial score (nSPS) is 11.2. The van der Waals surface area contributed by atoms with Crippen molar-refractivity contribution in [2.45, 2.75) is 13.1 Å². The Balaban J connectivity index is 2.31. The third kappa shape index (κ3) is 3.73. The molecular formula is C14H13F3N2O3S. The first-order chi connectivity index (χ1) is 10.8. The minimum Gasteiger partial charge on any atom is -0.497 e. The van der Waals surface area contributed by atoms with Crippen LogP contribution in [0.2, 0.25) is 0 Å². The fraction of sp³-hybridized carbons (Fsp3) is 0.286. The fourth-order valence-electron chi connectivity index (χ4n) is 1.82. The quantitative estimate of drug-likeness (QED) is 0.916. The predicted molar refractivity (Wildman–Crippen MR) is 79.4 cm³/mol. The molecule has 1 heterocycles. The van der Waals surface area contributed by atoms with Crippen LogP contribution in [0.4, 0.5) is 18.9 Å². The van der Waals surface area contributed by atoms with Gasteiger partial charge >= 0.3 is 6.18 Å². The Morgan fingerprint density at radius 1 is 1.26 bits per heavy atom. The summed E-state index contributed by atoms with van der Waals surface area (Å²) in [7, 11) is 2.87. The number of carbonyl (C=O) groups is 1. The van der Waals surface area contributed by atoms with E-state index in [9.17, 15) is 18.0 Å². The summed E-state index contributed by atoms with van der Waals surface area (Å²) in [5.41, 5.74) is 0.305. The zero-order valence-electron chi connectivity index (χ0n) is 12.4. The average molecular weight is 346 g/mol. The molecule has 0 fully saturated rings. The lowest BCUT2D eigenvalue weighted by Gasteiger charge is -2.11. The van der Waals surface area contributed by atoms with Crippen LogP contribution in [0, 0.1) is 6.92 Å². The number of aryl methyl sites for hydroxylation is 1. The average Bonchev–Trinajstić information content (AvgIpc) is 2.89. The minimum absolute atomic E-state index is 0.0155. The standard InChI is InChI=1S/C14H13F3N2O3S/c1-7-11(23-13(18-7)14(15,16)17)12(20)19-9-6-8(21-2)4-5-10(9)22-3/h4-6H,1-3H3,(H,19,20). The number of hydrogen-bond acceptors (Lipinski definition) is 5. The Bertz CT molecular complexity index is 729. The van der Waals surface area contributed by atoms with Crippen molar-refractivity contribution in [3.63, 3.8) is 0 Å². The maximum Gasteiger partial charge on any atom is 0.443 e. The van der Waals surface area contributed by atoms with Crippen LogP contribution in [0.3, 0.4) is 0 Å². The van der Waals surface area contributed by atoms with Gasteiger partial charge in [-0.25, -0.2) is 4.98 Å². The summed E-state index contributed by atoms with van der Waals surface area (Å²) in [6, 6.07) is 4.72. The van der Waals surface area contributed by atoms with Crippen LogP contribution in [0.5, 0.6) is 11.5 Å². The van der Waals surface area contributed by atoms with E-state index in [-0.39, 0.29) is 10.6 Å². The van der Waals surface area contributed by atoms with Gasteiger partial charge in [-0.2, -0.15) is 13.2 Å². The van der Waals surface area contributed by atoms with E-state index >= 15 is 0 Å². The van der Waals surface area contributed by atoms with Gasteiger partial charge in [-0.05, 0) is 19.1 Å². The molecule has 0 aliphatic carbocycles. The van der Waals surface area contributed by atoms with Gasteiger partial charge in [0.05, 0.1) is 25.6 Å². The van der Waals surface area contributed by atoms with Crippen LogP contribution in [0.15, 0.2) is 18.2 Å². The maximum atomic E-state index is 12.7. The van der Waals surface area contributed by atoms with Gasteiger partial charge in [0.2, 0.25) is 0 Å². The molecule has 1 amide bonds. The highest BCUT2D eigenvalue weighted by Crippen LogP contribution is 2.35. The number of amides is 1. The van der Waals surface area contributed by atoms with Crippen molar-refractivity contribution in [2.24, 2.45) is 0 Å². The topological polar surface area (TPSA) is 60.5 Å². The SMILES string of the molecule is COc1ccc(OC)c(NC(=O)c2sc(C(F)(F)F)nc2C)c1. The summed E-state index contributed by atoms with van der Waals surface area (Å²) in [5, 5.41) is 1.46. The van der Waals surface area contributed by atoms with E-state index in [4.69, 9.17) is 9.47 Å². The summed E-state index contributed by atoms with van der Waals surface area (Å²) in [6.45, 7) is 1.35. The number of nitrogens with zero attached hydrogens (tertiary/aromatic N) is 1. The number of anilines is 1. The van der Waals surface area contributed by atoms with Gasteiger partial charge in [-0.3, -0.25) is 4.79 Å². The first-order valence-corrected chi connectivity index (χ1v) is 7.16. The van der Waals surface area contributed by atoms with Crippen LogP contribution in [0.1, 0.15) is 20.4 Å². The molecule has 0 bridgehead atoms. The van der Waals surface area contributed by atoms with Crippen molar-refractivity contribution in [2.75, 3.05) is 19.5 Å². The molecule has 9 heteroatoms. The molecule has 5 nitrogen and oxygen atoms in total. The van der Waals surface area contributed by atoms with Crippen LogP contribution < -0.4 is 14.8 Å². The fourth-order valence-corrected chi connectivity index (χ4v) is 2.65. The van der Waals surface area contributed by atoms with Gasteiger partial charge in [0.25, 0.3) is 5.91 Å². The molecule has 0 saturated heterocycles. The molecule has 2 rings (SSSR count). The molecule has 1 N–H and O–H groups in total. The Morgan fingerprint density at radius 2 is 1.96 bits per heavy atom. The number of halogens is 3. The van der Waals surface area contributed by atoms with Crippen molar-refractivity contribution in [3.8, 4) is 11.5 Å². The number of ether oxygens (including phenoxy) is 2. The molecule has 0 aliphatic heterocycles. The van der Waals surface area contributed by atoms with Crippen LogP contribution >= 0.6 is 11.3 Å². The molecule has 0 aliphatic rings. The third-order valence-corrected chi connectivity index (χ3v) is 4.10. The molecule has 0 spiro atoms. The molecule has 124 valence electrons. The van der Waals surface area contributed by atoms with Gasteiger partial charge < -0.3 is 14.8 Å². The maximum absolute atomic E-state index is 12.7. The molecule has 0 saturated carbocycles. The monoisotopic (exact) mass is 346 g/mol. The van der Waals surface area contributed by atoms with Crippen LogP contribution in [0.25, 0.3) is 0 Å². The molecule has 0 atom stereocenters. The summed E-state index contributed by atoms with van der Waals surface area (Å²) >= 11 is 0.297. The number of thiazole rings is 1. The number of hydrogen-bond donors (Lipinski definition) is 1. The molecule has 2 aromatic rings. The summed E-state index contributed by atoms with van der Waals surface area (Å²) in [6.07, 6.45) is -4.58.